The molecule has 1 aromatic carbocycles. The van der Waals surface area contributed by atoms with Crippen LogP contribution < -0.4 is 10.6 Å². The van der Waals surface area contributed by atoms with Gasteiger partial charge < -0.3 is 15.4 Å². The van der Waals surface area contributed by atoms with Crippen LogP contribution in [0.1, 0.15) is 31.2 Å². The highest BCUT2D eigenvalue weighted by atomic mass is 35.5. The van der Waals surface area contributed by atoms with E-state index in [-0.39, 0.29) is 24.4 Å². The van der Waals surface area contributed by atoms with E-state index in [4.69, 9.17) is 16.3 Å². The molecule has 0 saturated carbocycles. The minimum atomic E-state index is -0.561. The van der Waals surface area contributed by atoms with E-state index >= 15 is 0 Å². The second-order valence-electron chi connectivity index (χ2n) is 6.19. The highest BCUT2D eigenvalue weighted by Crippen LogP contribution is 2.39. The van der Waals surface area contributed by atoms with Crippen molar-refractivity contribution in [3.63, 3.8) is 0 Å². The predicted molar refractivity (Wildman–Crippen MR) is 94.5 cm³/mol. The molecule has 128 valence electrons. The summed E-state index contributed by atoms with van der Waals surface area (Å²) < 4.78 is 5.49. The minimum absolute atomic E-state index is 0. The summed E-state index contributed by atoms with van der Waals surface area (Å²) in [7, 11) is 0. The summed E-state index contributed by atoms with van der Waals surface area (Å²) in [6.07, 6.45) is 3.51. The van der Waals surface area contributed by atoms with E-state index in [0.717, 1.165) is 31.5 Å². The molecule has 2 aliphatic rings. The topological polar surface area (TPSA) is 50.4 Å². The van der Waals surface area contributed by atoms with Crippen molar-refractivity contribution in [2.24, 2.45) is 0 Å². The summed E-state index contributed by atoms with van der Waals surface area (Å²) in [5.41, 5.74) is 0.370. The van der Waals surface area contributed by atoms with Gasteiger partial charge in [-0.25, -0.2) is 0 Å². The predicted octanol–water partition coefficient (Wildman–Crippen LogP) is 2.68. The Morgan fingerprint density at radius 1 is 1.30 bits per heavy atom. The highest BCUT2D eigenvalue weighted by molar-refractivity contribution is 6.31. The monoisotopic (exact) mass is 358 g/mol. The maximum Gasteiger partial charge on any atom is 0.231 e. The number of rotatable bonds is 3. The maximum atomic E-state index is 13.1. The number of carbonyl (C=O) groups excluding carboxylic acids is 1. The molecule has 1 atom stereocenters. The van der Waals surface area contributed by atoms with Crippen molar-refractivity contribution in [3.05, 3.63) is 34.9 Å². The van der Waals surface area contributed by atoms with Gasteiger partial charge in [-0.2, -0.15) is 0 Å². The van der Waals surface area contributed by atoms with Gasteiger partial charge in [0.2, 0.25) is 5.91 Å². The molecule has 6 heteroatoms. The van der Waals surface area contributed by atoms with Crippen LogP contribution in [0.25, 0.3) is 0 Å². The number of benzene rings is 1. The van der Waals surface area contributed by atoms with Crippen LogP contribution in [0.3, 0.4) is 0 Å². The molecular weight excluding hydrogens is 335 g/mol. The standard InChI is InChI=1S/C17H23ClN2O2.ClH/c18-15-6-2-1-5-14(15)17(7-10-22-11-8-17)16(21)20-13-4-3-9-19-12-13;/h1-2,5-6,13,19H,3-4,7-12H2,(H,20,21);1H/t13-;/m0./s1. The molecule has 23 heavy (non-hydrogen) atoms. The molecule has 2 heterocycles. The molecule has 1 aromatic rings. The van der Waals surface area contributed by atoms with Gasteiger partial charge in [0.05, 0.1) is 5.41 Å². The summed E-state index contributed by atoms with van der Waals surface area (Å²) >= 11 is 6.40. The normalized spacial score (nSPS) is 23.6. The van der Waals surface area contributed by atoms with Gasteiger partial charge in [0.15, 0.2) is 0 Å². The SMILES string of the molecule is Cl.O=C(N[C@H]1CCCNC1)C1(c2ccccc2Cl)CCOCC1. The molecule has 0 aromatic heterocycles. The number of hydrogen-bond acceptors (Lipinski definition) is 3. The first kappa shape index (κ1) is 18.5. The Morgan fingerprint density at radius 2 is 2.04 bits per heavy atom. The van der Waals surface area contributed by atoms with Crippen LogP contribution in [-0.4, -0.2) is 38.3 Å². The largest absolute Gasteiger partial charge is 0.381 e. The summed E-state index contributed by atoms with van der Waals surface area (Å²) in [4.78, 5) is 13.1. The summed E-state index contributed by atoms with van der Waals surface area (Å²) in [6, 6.07) is 7.91. The van der Waals surface area contributed by atoms with Crippen LogP contribution in [-0.2, 0) is 14.9 Å². The minimum Gasteiger partial charge on any atom is -0.381 e. The van der Waals surface area contributed by atoms with Gasteiger partial charge in [0.25, 0.3) is 0 Å². The Bertz CT molecular complexity index is 527. The molecule has 2 aliphatic heterocycles. The molecule has 1 amide bonds. The van der Waals surface area contributed by atoms with E-state index in [1.165, 1.54) is 0 Å². The Kier molecular flexibility index (Phi) is 6.72. The molecular formula is C17H24Cl2N2O2. The fraction of sp³-hybridized carbons (Fsp3) is 0.588. The molecule has 2 saturated heterocycles. The Morgan fingerprint density at radius 3 is 2.70 bits per heavy atom. The number of piperidine rings is 1. The lowest BCUT2D eigenvalue weighted by Gasteiger charge is -2.38. The van der Waals surface area contributed by atoms with Crippen molar-refractivity contribution >= 4 is 29.9 Å². The molecule has 0 radical (unpaired) electrons. The van der Waals surface area contributed by atoms with Gasteiger partial charge in [0.1, 0.15) is 0 Å². The second kappa shape index (κ2) is 8.34. The lowest BCUT2D eigenvalue weighted by atomic mass is 9.73. The fourth-order valence-electron chi connectivity index (χ4n) is 3.49. The molecule has 2 N–H and O–H groups in total. The van der Waals surface area contributed by atoms with Crippen molar-refractivity contribution in [2.75, 3.05) is 26.3 Å². The van der Waals surface area contributed by atoms with Crippen LogP contribution in [0.5, 0.6) is 0 Å². The Hall–Kier alpha value is -0.810. The number of ether oxygens (including phenoxy) is 1. The zero-order valence-corrected chi connectivity index (χ0v) is 14.7. The fourth-order valence-corrected chi connectivity index (χ4v) is 3.80. The molecule has 2 fully saturated rings. The summed E-state index contributed by atoms with van der Waals surface area (Å²) in [6.45, 7) is 3.08. The van der Waals surface area contributed by atoms with Gasteiger partial charge in [-0.15, -0.1) is 12.4 Å². The number of hydrogen-bond donors (Lipinski definition) is 2. The van der Waals surface area contributed by atoms with Crippen LogP contribution >= 0.6 is 24.0 Å². The number of nitrogens with one attached hydrogen (secondary N) is 2. The van der Waals surface area contributed by atoms with E-state index in [2.05, 4.69) is 10.6 Å². The van der Waals surface area contributed by atoms with Crippen molar-refractivity contribution in [1.29, 1.82) is 0 Å². The van der Waals surface area contributed by atoms with Gasteiger partial charge >= 0.3 is 0 Å². The quantitative estimate of drug-likeness (QED) is 0.873. The first-order valence-electron chi connectivity index (χ1n) is 8.07. The summed E-state index contributed by atoms with van der Waals surface area (Å²) in [5, 5.41) is 7.25. The van der Waals surface area contributed by atoms with Gasteiger partial charge in [-0.1, -0.05) is 29.8 Å². The molecule has 0 bridgehead atoms. The smallest absolute Gasteiger partial charge is 0.231 e. The zero-order valence-electron chi connectivity index (χ0n) is 13.1. The van der Waals surface area contributed by atoms with Crippen molar-refractivity contribution in [1.82, 2.24) is 10.6 Å². The van der Waals surface area contributed by atoms with E-state index in [9.17, 15) is 4.79 Å². The lowest BCUT2D eigenvalue weighted by molar-refractivity contribution is -0.131. The van der Waals surface area contributed by atoms with Gasteiger partial charge in [-0.05, 0) is 43.9 Å². The first-order valence-corrected chi connectivity index (χ1v) is 8.45. The van der Waals surface area contributed by atoms with E-state index in [1.807, 2.05) is 24.3 Å². The molecule has 4 nitrogen and oxygen atoms in total. The molecule has 0 spiro atoms. The maximum absolute atomic E-state index is 13.1. The number of carbonyl (C=O) groups is 1. The third-order valence-electron chi connectivity index (χ3n) is 4.80. The van der Waals surface area contributed by atoms with Crippen molar-refractivity contribution in [2.45, 2.75) is 37.1 Å². The third kappa shape index (κ3) is 4.00. The Balaban J connectivity index is 0.00000192. The van der Waals surface area contributed by atoms with E-state index in [0.29, 0.717) is 31.1 Å². The van der Waals surface area contributed by atoms with Crippen LogP contribution in [0.2, 0.25) is 5.02 Å². The number of halogens is 2. The second-order valence-corrected chi connectivity index (χ2v) is 6.60. The third-order valence-corrected chi connectivity index (χ3v) is 5.13. The Labute approximate surface area is 148 Å². The van der Waals surface area contributed by atoms with E-state index in [1.54, 1.807) is 0 Å². The summed E-state index contributed by atoms with van der Waals surface area (Å²) in [5.74, 6) is 0.0950. The average Bonchev–Trinajstić information content (AvgIpc) is 2.57. The van der Waals surface area contributed by atoms with Crippen molar-refractivity contribution in [3.8, 4) is 0 Å². The van der Waals surface area contributed by atoms with Crippen LogP contribution in [0, 0.1) is 0 Å². The van der Waals surface area contributed by atoms with Crippen LogP contribution in [0.15, 0.2) is 24.3 Å². The van der Waals surface area contributed by atoms with Crippen molar-refractivity contribution < 1.29 is 9.53 Å². The van der Waals surface area contributed by atoms with E-state index < -0.39 is 5.41 Å². The van der Waals surface area contributed by atoms with Gasteiger partial charge in [0, 0.05) is 30.8 Å². The average molecular weight is 359 g/mol. The van der Waals surface area contributed by atoms with Crippen LogP contribution in [0.4, 0.5) is 0 Å². The first-order chi connectivity index (χ1) is 10.7. The van der Waals surface area contributed by atoms with Gasteiger partial charge in [-0.3, -0.25) is 4.79 Å². The number of amides is 1. The zero-order chi connectivity index (χ0) is 15.4. The lowest BCUT2D eigenvalue weighted by Crippen LogP contribution is -2.54. The molecule has 0 unspecified atom stereocenters. The molecule has 0 aliphatic carbocycles. The highest BCUT2D eigenvalue weighted by Gasteiger charge is 2.43. The molecule has 3 rings (SSSR count).